The van der Waals surface area contributed by atoms with Gasteiger partial charge in [-0.05, 0) is 19.3 Å². The van der Waals surface area contributed by atoms with Crippen LogP contribution in [0.4, 0.5) is 0 Å². The van der Waals surface area contributed by atoms with Crippen molar-refractivity contribution in [3.05, 3.63) is 0 Å². The number of amides is 1. The predicted octanol–water partition coefficient (Wildman–Crippen LogP) is -0.354. The van der Waals surface area contributed by atoms with Gasteiger partial charge in [0.05, 0.1) is 6.10 Å². The van der Waals surface area contributed by atoms with Gasteiger partial charge in [-0.25, -0.2) is 0 Å². The molecule has 0 aromatic rings. The summed E-state index contributed by atoms with van der Waals surface area (Å²) in [5.41, 5.74) is 0. The Morgan fingerprint density at radius 3 is 2.90 bits per heavy atom. The molecular weight excluding hydrogens is 130 g/mol. The van der Waals surface area contributed by atoms with Crippen molar-refractivity contribution in [1.29, 1.82) is 0 Å². The monoisotopic (exact) mass is 141 g/mol. The highest BCUT2D eigenvalue weighted by Gasteiger charge is 2.38. The minimum Gasteiger partial charge on any atom is -0.393 e. The van der Waals surface area contributed by atoms with Crippen LogP contribution in [0.25, 0.3) is 0 Å². The topological polar surface area (TPSA) is 49.3 Å². The molecule has 2 N–H and O–H groups in total. The second-order valence-corrected chi connectivity index (χ2v) is 3.26. The van der Waals surface area contributed by atoms with Gasteiger partial charge < -0.3 is 10.4 Å². The van der Waals surface area contributed by atoms with Gasteiger partial charge in [-0.1, -0.05) is 0 Å². The van der Waals surface area contributed by atoms with Crippen LogP contribution in [0, 0.1) is 5.92 Å². The molecule has 0 aromatic carbocycles. The lowest BCUT2D eigenvalue weighted by molar-refractivity contribution is -0.122. The lowest BCUT2D eigenvalue weighted by Crippen LogP contribution is -2.28. The van der Waals surface area contributed by atoms with E-state index in [1.807, 2.05) is 0 Å². The van der Waals surface area contributed by atoms with Gasteiger partial charge in [-0.3, -0.25) is 4.79 Å². The van der Waals surface area contributed by atoms with Crippen LogP contribution in [0.15, 0.2) is 0 Å². The molecule has 3 atom stereocenters. The summed E-state index contributed by atoms with van der Waals surface area (Å²) in [6.07, 6.45) is 2.11. The second-order valence-electron chi connectivity index (χ2n) is 3.26. The molecule has 1 saturated carbocycles. The Balaban J connectivity index is 2.13. The van der Waals surface area contributed by atoms with Crippen molar-refractivity contribution in [1.82, 2.24) is 5.32 Å². The highest BCUT2D eigenvalue weighted by Crippen LogP contribution is 2.29. The normalized spacial score (nSPS) is 45.3. The number of carbonyl (C=O) groups is 1. The molecule has 10 heavy (non-hydrogen) atoms. The Morgan fingerprint density at radius 1 is 1.40 bits per heavy atom. The number of hydrogen-bond donors (Lipinski definition) is 2. The fourth-order valence-corrected chi connectivity index (χ4v) is 1.94. The van der Waals surface area contributed by atoms with Gasteiger partial charge in [0.15, 0.2) is 0 Å². The summed E-state index contributed by atoms with van der Waals surface area (Å²) >= 11 is 0. The third-order valence-electron chi connectivity index (χ3n) is 2.40. The molecule has 2 rings (SSSR count). The van der Waals surface area contributed by atoms with E-state index in [2.05, 4.69) is 5.32 Å². The molecule has 1 saturated heterocycles. The summed E-state index contributed by atoms with van der Waals surface area (Å²) < 4.78 is 0. The van der Waals surface area contributed by atoms with Crippen LogP contribution < -0.4 is 5.32 Å². The Labute approximate surface area is 59.4 Å². The molecule has 0 aromatic heterocycles. The summed E-state index contributed by atoms with van der Waals surface area (Å²) in [5.74, 6) is 0.246. The van der Waals surface area contributed by atoms with Crippen molar-refractivity contribution >= 4 is 5.91 Å². The van der Waals surface area contributed by atoms with Crippen LogP contribution in [-0.4, -0.2) is 23.2 Å². The highest BCUT2D eigenvalue weighted by molar-refractivity contribution is 5.81. The van der Waals surface area contributed by atoms with Crippen molar-refractivity contribution in [3.63, 3.8) is 0 Å². The van der Waals surface area contributed by atoms with Crippen molar-refractivity contribution in [2.24, 2.45) is 5.92 Å². The Kier molecular flexibility index (Phi) is 1.20. The standard InChI is InChI=1S/C7H11NO2/c9-6-2-4-1-5(3-6)8-7(4)10/h4-6,9H,1-3H2,(H,8,10)/t4-,5+,6+/m0/s1. The van der Waals surface area contributed by atoms with Crippen LogP contribution in [-0.2, 0) is 4.79 Å². The van der Waals surface area contributed by atoms with E-state index in [1.54, 1.807) is 0 Å². The van der Waals surface area contributed by atoms with E-state index in [0.29, 0.717) is 6.42 Å². The smallest absolute Gasteiger partial charge is 0.223 e. The Morgan fingerprint density at radius 2 is 2.20 bits per heavy atom. The summed E-state index contributed by atoms with van der Waals surface area (Å²) in [7, 11) is 0. The maximum Gasteiger partial charge on any atom is 0.223 e. The van der Waals surface area contributed by atoms with Gasteiger partial charge in [-0.2, -0.15) is 0 Å². The minimum atomic E-state index is -0.248. The average Bonchev–Trinajstić information content (AvgIpc) is 2.07. The van der Waals surface area contributed by atoms with Crippen LogP contribution in [0.2, 0.25) is 0 Å². The SMILES string of the molecule is O=C1N[C@H]2C[C@H](O)C[C@@H]1C2. The van der Waals surface area contributed by atoms with E-state index in [9.17, 15) is 9.90 Å². The molecule has 0 radical (unpaired) electrons. The largest absolute Gasteiger partial charge is 0.393 e. The van der Waals surface area contributed by atoms with E-state index in [1.165, 1.54) is 0 Å². The zero-order valence-electron chi connectivity index (χ0n) is 5.71. The zero-order valence-corrected chi connectivity index (χ0v) is 5.71. The fourth-order valence-electron chi connectivity index (χ4n) is 1.94. The van der Waals surface area contributed by atoms with Gasteiger partial charge in [0, 0.05) is 12.0 Å². The summed E-state index contributed by atoms with van der Waals surface area (Å²) in [4.78, 5) is 11.0. The molecule has 2 fully saturated rings. The quantitative estimate of drug-likeness (QED) is 0.484. The minimum absolute atomic E-state index is 0.105. The lowest BCUT2D eigenvalue weighted by atomic mass is 9.88. The second kappa shape index (κ2) is 1.95. The lowest BCUT2D eigenvalue weighted by Gasteiger charge is -2.20. The van der Waals surface area contributed by atoms with Crippen LogP contribution in [0.3, 0.4) is 0 Å². The van der Waals surface area contributed by atoms with Crippen molar-refractivity contribution in [3.8, 4) is 0 Å². The molecule has 1 amide bonds. The molecule has 0 unspecified atom stereocenters. The molecule has 0 spiro atoms. The molecule has 1 aliphatic carbocycles. The van der Waals surface area contributed by atoms with Gasteiger partial charge >= 0.3 is 0 Å². The van der Waals surface area contributed by atoms with Crippen molar-refractivity contribution in [2.45, 2.75) is 31.4 Å². The first kappa shape index (κ1) is 6.16. The summed E-state index contributed by atoms with van der Waals surface area (Å²) in [5, 5.41) is 12.1. The molecule has 2 aliphatic rings. The highest BCUT2D eigenvalue weighted by atomic mass is 16.3. The van der Waals surface area contributed by atoms with Crippen LogP contribution in [0.1, 0.15) is 19.3 Å². The molecule has 1 heterocycles. The number of rotatable bonds is 0. The number of carbonyl (C=O) groups excluding carboxylic acids is 1. The van der Waals surface area contributed by atoms with Crippen molar-refractivity contribution < 1.29 is 9.90 Å². The molecule has 1 aliphatic heterocycles. The number of aliphatic hydroxyl groups excluding tert-OH is 1. The molecular formula is C7H11NO2. The predicted molar refractivity (Wildman–Crippen MR) is 35.3 cm³/mol. The van der Waals surface area contributed by atoms with E-state index >= 15 is 0 Å². The number of fused-ring (bicyclic) bond motifs is 2. The fraction of sp³-hybridized carbons (Fsp3) is 0.857. The number of nitrogens with one attached hydrogen (secondary N) is 1. The summed E-state index contributed by atoms with van der Waals surface area (Å²) in [6.45, 7) is 0. The molecule has 3 heteroatoms. The van der Waals surface area contributed by atoms with E-state index in [4.69, 9.17) is 0 Å². The number of aliphatic hydroxyl groups is 1. The van der Waals surface area contributed by atoms with Crippen molar-refractivity contribution in [2.75, 3.05) is 0 Å². The van der Waals surface area contributed by atoms with Crippen LogP contribution >= 0.6 is 0 Å². The third kappa shape index (κ3) is 0.814. The first-order valence-electron chi connectivity index (χ1n) is 3.74. The van der Waals surface area contributed by atoms with Gasteiger partial charge in [0.1, 0.15) is 0 Å². The maximum atomic E-state index is 11.0. The van der Waals surface area contributed by atoms with Gasteiger partial charge in [-0.15, -0.1) is 0 Å². The molecule has 3 nitrogen and oxygen atoms in total. The van der Waals surface area contributed by atoms with E-state index in [-0.39, 0.29) is 24.0 Å². The van der Waals surface area contributed by atoms with Gasteiger partial charge in [0.25, 0.3) is 0 Å². The van der Waals surface area contributed by atoms with E-state index in [0.717, 1.165) is 12.8 Å². The van der Waals surface area contributed by atoms with E-state index < -0.39 is 0 Å². The molecule has 56 valence electrons. The number of hydrogen-bond acceptors (Lipinski definition) is 2. The zero-order chi connectivity index (χ0) is 7.14. The summed E-state index contributed by atoms with van der Waals surface area (Å²) in [6, 6.07) is 0.265. The first-order chi connectivity index (χ1) is 4.75. The Bertz CT molecular complexity index is 169. The first-order valence-corrected chi connectivity index (χ1v) is 3.74. The maximum absolute atomic E-state index is 11.0. The van der Waals surface area contributed by atoms with Crippen LogP contribution in [0.5, 0.6) is 0 Å². The third-order valence-corrected chi connectivity index (χ3v) is 2.40. The average molecular weight is 141 g/mol. The molecule has 2 bridgehead atoms. The Hall–Kier alpha value is -0.570. The van der Waals surface area contributed by atoms with Gasteiger partial charge in [0.2, 0.25) is 5.91 Å².